The highest BCUT2D eigenvalue weighted by molar-refractivity contribution is 5.99. The molecule has 2 aromatic rings. The average molecular weight is 309 g/mol. The van der Waals surface area contributed by atoms with E-state index in [1.165, 1.54) is 5.56 Å². The molecule has 0 spiro atoms. The van der Waals surface area contributed by atoms with Crippen LogP contribution in [0.1, 0.15) is 54.2 Å². The molecule has 0 saturated heterocycles. The first kappa shape index (κ1) is 15.6. The SMILES string of the molecule is Cc1cc(C)c2cc(C(=O)N[C@@]3(C#N)CCC[C@H](C)C3)[nH]c2c1. The molecule has 0 aliphatic heterocycles. The second-order valence-electron chi connectivity index (χ2n) is 7.08. The molecular weight excluding hydrogens is 286 g/mol. The quantitative estimate of drug-likeness (QED) is 0.880. The number of nitrogens with zero attached hydrogens (tertiary/aromatic N) is 1. The molecule has 0 radical (unpaired) electrons. The third-order valence-electron chi connectivity index (χ3n) is 4.90. The summed E-state index contributed by atoms with van der Waals surface area (Å²) < 4.78 is 0. The van der Waals surface area contributed by atoms with E-state index >= 15 is 0 Å². The van der Waals surface area contributed by atoms with Gasteiger partial charge in [-0.05, 0) is 62.3 Å². The zero-order valence-corrected chi connectivity index (χ0v) is 14.0. The molecule has 1 aliphatic rings. The fourth-order valence-corrected chi connectivity index (χ4v) is 3.80. The van der Waals surface area contributed by atoms with Crippen molar-refractivity contribution in [3.8, 4) is 6.07 Å². The van der Waals surface area contributed by atoms with Crippen LogP contribution in [-0.4, -0.2) is 16.4 Å². The summed E-state index contributed by atoms with van der Waals surface area (Å²) in [4.78, 5) is 15.9. The van der Waals surface area contributed by atoms with Crippen molar-refractivity contribution in [2.24, 2.45) is 5.92 Å². The summed E-state index contributed by atoms with van der Waals surface area (Å²) in [5.74, 6) is 0.283. The van der Waals surface area contributed by atoms with Gasteiger partial charge in [-0.3, -0.25) is 4.79 Å². The highest BCUT2D eigenvalue weighted by Crippen LogP contribution is 2.32. The molecule has 1 heterocycles. The topological polar surface area (TPSA) is 68.7 Å². The van der Waals surface area contributed by atoms with E-state index in [2.05, 4.69) is 29.4 Å². The smallest absolute Gasteiger partial charge is 0.268 e. The number of benzene rings is 1. The molecule has 1 fully saturated rings. The van der Waals surface area contributed by atoms with Crippen molar-refractivity contribution in [3.05, 3.63) is 35.0 Å². The van der Waals surface area contributed by atoms with Gasteiger partial charge >= 0.3 is 0 Å². The number of aromatic amines is 1. The van der Waals surface area contributed by atoms with Crippen LogP contribution in [0.2, 0.25) is 0 Å². The van der Waals surface area contributed by atoms with Crippen molar-refractivity contribution in [3.63, 3.8) is 0 Å². The standard InChI is InChI=1S/C19H23N3O/c1-12-5-4-6-19(10-12,11-20)22-18(23)17-9-15-14(3)7-13(2)8-16(15)21-17/h7-9,12,21H,4-6,10H2,1-3H3,(H,22,23)/t12-,19-/m0/s1. The lowest BCUT2D eigenvalue weighted by Gasteiger charge is -2.34. The van der Waals surface area contributed by atoms with Crippen LogP contribution in [0.3, 0.4) is 0 Å². The number of hydrogen-bond acceptors (Lipinski definition) is 2. The zero-order chi connectivity index (χ0) is 16.6. The van der Waals surface area contributed by atoms with Gasteiger partial charge in [0.05, 0.1) is 6.07 Å². The number of H-pyrrole nitrogens is 1. The van der Waals surface area contributed by atoms with Crippen LogP contribution in [0.15, 0.2) is 18.2 Å². The van der Waals surface area contributed by atoms with Crippen LogP contribution >= 0.6 is 0 Å². The molecule has 4 nitrogen and oxygen atoms in total. The third-order valence-corrected chi connectivity index (χ3v) is 4.90. The number of fused-ring (bicyclic) bond motifs is 1. The molecule has 0 bridgehead atoms. The summed E-state index contributed by atoms with van der Waals surface area (Å²) in [7, 11) is 0. The Labute approximate surface area is 136 Å². The highest BCUT2D eigenvalue weighted by atomic mass is 16.2. The van der Waals surface area contributed by atoms with Crippen LogP contribution in [0.5, 0.6) is 0 Å². The minimum absolute atomic E-state index is 0.186. The van der Waals surface area contributed by atoms with Crippen molar-refractivity contribution in [2.75, 3.05) is 0 Å². The molecule has 4 heteroatoms. The van der Waals surface area contributed by atoms with Gasteiger partial charge in [0.15, 0.2) is 0 Å². The molecule has 2 atom stereocenters. The van der Waals surface area contributed by atoms with Crippen LogP contribution in [0.25, 0.3) is 10.9 Å². The summed E-state index contributed by atoms with van der Waals surface area (Å²) >= 11 is 0. The maximum absolute atomic E-state index is 12.7. The van der Waals surface area contributed by atoms with Crippen molar-refractivity contribution in [1.29, 1.82) is 5.26 Å². The number of hydrogen-bond donors (Lipinski definition) is 2. The van der Waals surface area contributed by atoms with Crippen molar-refractivity contribution < 1.29 is 4.79 Å². The molecular formula is C19H23N3O. The number of amides is 1. The normalized spacial score (nSPS) is 24.3. The molecule has 1 aliphatic carbocycles. The Balaban J connectivity index is 1.88. The number of carbonyl (C=O) groups excluding carboxylic acids is 1. The first-order valence-corrected chi connectivity index (χ1v) is 8.26. The van der Waals surface area contributed by atoms with E-state index in [0.717, 1.165) is 42.1 Å². The molecule has 120 valence electrons. The van der Waals surface area contributed by atoms with Crippen molar-refractivity contribution in [2.45, 2.75) is 52.0 Å². The number of nitrogens with one attached hydrogen (secondary N) is 2. The van der Waals surface area contributed by atoms with Crippen LogP contribution in [0.4, 0.5) is 0 Å². The minimum Gasteiger partial charge on any atom is -0.351 e. The number of aryl methyl sites for hydroxylation is 2. The van der Waals surface area contributed by atoms with Gasteiger partial charge in [0.25, 0.3) is 5.91 Å². The fraction of sp³-hybridized carbons (Fsp3) is 0.474. The lowest BCUT2D eigenvalue weighted by molar-refractivity contribution is 0.0886. The van der Waals surface area contributed by atoms with E-state index in [1.54, 1.807) is 0 Å². The second kappa shape index (κ2) is 5.73. The number of rotatable bonds is 2. The van der Waals surface area contributed by atoms with Crippen LogP contribution in [-0.2, 0) is 0 Å². The van der Waals surface area contributed by atoms with Gasteiger partial charge in [-0.2, -0.15) is 5.26 Å². The maximum atomic E-state index is 12.7. The molecule has 3 rings (SSSR count). The third kappa shape index (κ3) is 2.96. The summed E-state index contributed by atoms with van der Waals surface area (Å²) in [5, 5.41) is 13.7. The lowest BCUT2D eigenvalue weighted by Crippen LogP contribution is -2.50. The van der Waals surface area contributed by atoms with Gasteiger partial charge in [-0.1, -0.05) is 19.4 Å². The largest absolute Gasteiger partial charge is 0.351 e. The van der Waals surface area contributed by atoms with Gasteiger partial charge in [-0.15, -0.1) is 0 Å². The van der Waals surface area contributed by atoms with E-state index in [9.17, 15) is 10.1 Å². The Bertz CT molecular complexity index is 799. The first-order valence-electron chi connectivity index (χ1n) is 8.26. The Kier molecular flexibility index (Phi) is 3.89. The van der Waals surface area contributed by atoms with E-state index < -0.39 is 5.54 Å². The number of nitriles is 1. The number of carbonyl (C=O) groups is 1. The molecule has 1 amide bonds. The van der Waals surface area contributed by atoms with E-state index in [-0.39, 0.29) is 5.91 Å². The van der Waals surface area contributed by atoms with Gasteiger partial charge < -0.3 is 10.3 Å². The first-order chi connectivity index (χ1) is 10.9. The zero-order valence-electron chi connectivity index (χ0n) is 14.0. The summed E-state index contributed by atoms with van der Waals surface area (Å²) in [6, 6.07) is 8.39. The molecule has 2 N–H and O–H groups in total. The van der Waals surface area contributed by atoms with Crippen LogP contribution < -0.4 is 5.32 Å². The van der Waals surface area contributed by atoms with Crippen molar-refractivity contribution >= 4 is 16.8 Å². The van der Waals surface area contributed by atoms with Crippen LogP contribution in [0, 0.1) is 31.1 Å². The Morgan fingerprint density at radius 3 is 2.87 bits per heavy atom. The molecule has 1 saturated carbocycles. The van der Waals surface area contributed by atoms with E-state index in [1.807, 2.05) is 26.0 Å². The van der Waals surface area contributed by atoms with Gasteiger partial charge in [0.2, 0.25) is 0 Å². The minimum atomic E-state index is -0.725. The average Bonchev–Trinajstić information content (AvgIpc) is 2.91. The molecule has 0 unspecified atom stereocenters. The lowest BCUT2D eigenvalue weighted by atomic mass is 9.77. The summed E-state index contributed by atoms with van der Waals surface area (Å²) in [5.41, 5.74) is 3.09. The second-order valence-corrected chi connectivity index (χ2v) is 7.08. The predicted molar refractivity (Wildman–Crippen MR) is 91.2 cm³/mol. The highest BCUT2D eigenvalue weighted by Gasteiger charge is 2.36. The predicted octanol–water partition coefficient (Wildman–Crippen LogP) is 3.99. The van der Waals surface area contributed by atoms with Crippen molar-refractivity contribution in [1.82, 2.24) is 10.3 Å². The fourth-order valence-electron chi connectivity index (χ4n) is 3.80. The Morgan fingerprint density at radius 1 is 1.39 bits per heavy atom. The Morgan fingerprint density at radius 2 is 2.17 bits per heavy atom. The monoisotopic (exact) mass is 309 g/mol. The molecule has 1 aromatic heterocycles. The molecule has 1 aromatic carbocycles. The van der Waals surface area contributed by atoms with E-state index in [0.29, 0.717) is 11.6 Å². The van der Waals surface area contributed by atoms with E-state index in [4.69, 9.17) is 0 Å². The van der Waals surface area contributed by atoms with Gasteiger partial charge in [0.1, 0.15) is 11.2 Å². The number of aromatic nitrogens is 1. The summed E-state index contributed by atoms with van der Waals surface area (Å²) in [6.45, 7) is 6.23. The maximum Gasteiger partial charge on any atom is 0.268 e. The Hall–Kier alpha value is -2.28. The summed E-state index contributed by atoms with van der Waals surface area (Å²) in [6.07, 6.45) is 3.58. The van der Waals surface area contributed by atoms with Gasteiger partial charge in [-0.25, -0.2) is 0 Å². The van der Waals surface area contributed by atoms with Gasteiger partial charge in [0, 0.05) is 10.9 Å². The molecule has 23 heavy (non-hydrogen) atoms.